The minimum atomic E-state index is 0.104. The van der Waals surface area contributed by atoms with Gasteiger partial charge < -0.3 is 15.4 Å². The van der Waals surface area contributed by atoms with Crippen LogP contribution in [0.4, 0.5) is 5.69 Å². The Morgan fingerprint density at radius 1 is 1.45 bits per heavy atom. The molecule has 2 aliphatic rings. The predicted molar refractivity (Wildman–Crippen MR) is 78.7 cm³/mol. The molecule has 4 heteroatoms. The highest BCUT2D eigenvalue weighted by atomic mass is 16.5. The minimum absolute atomic E-state index is 0.104. The third-order valence-electron chi connectivity index (χ3n) is 4.13. The molecule has 0 aliphatic carbocycles. The van der Waals surface area contributed by atoms with Crippen molar-refractivity contribution in [2.45, 2.75) is 44.8 Å². The molecule has 1 atom stereocenters. The molecule has 1 aromatic carbocycles. The second kappa shape index (κ2) is 6.37. The smallest absolute Gasteiger partial charge is 0.224 e. The monoisotopic (exact) mass is 274 g/mol. The second-order valence-corrected chi connectivity index (χ2v) is 5.59. The lowest BCUT2D eigenvalue weighted by Gasteiger charge is -2.20. The SMILES string of the molecule is O=C(CCC1CCCO1)Nc1cccc2c1CCNC2. The number of hydrogen-bond acceptors (Lipinski definition) is 3. The van der Waals surface area contributed by atoms with Crippen molar-refractivity contribution in [3.63, 3.8) is 0 Å². The summed E-state index contributed by atoms with van der Waals surface area (Å²) >= 11 is 0. The van der Waals surface area contributed by atoms with Gasteiger partial charge in [0, 0.05) is 25.3 Å². The van der Waals surface area contributed by atoms with Crippen molar-refractivity contribution >= 4 is 11.6 Å². The number of amides is 1. The molecule has 0 spiro atoms. The van der Waals surface area contributed by atoms with Gasteiger partial charge in [-0.2, -0.15) is 0 Å². The van der Waals surface area contributed by atoms with Crippen LogP contribution in [0.2, 0.25) is 0 Å². The predicted octanol–water partition coefficient (Wildman–Crippen LogP) is 2.23. The molecule has 3 rings (SSSR count). The Kier molecular flexibility index (Phi) is 4.33. The van der Waals surface area contributed by atoms with Crippen LogP contribution in [-0.4, -0.2) is 25.2 Å². The number of ether oxygens (including phenoxy) is 1. The lowest BCUT2D eigenvalue weighted by atomic mass is 9.99. The van der Waals surface area contributed by atoms with E-state index in [0.717, 1.165) is 51.1 Å². The van der Waals surface area contributed by atoms with E-state index in [1.807, 2.05) is 12.1 Å². The molecule has 4 nitrogen and oxygen atoms in total. The van der Waals surface area contributed by atoms with Crippen LogP contribution in [0.1, 0.15) is 36.8 Å². The van der Waals surface area contributed by atoms with Crippen LogP contribution in [0.15, 0.2) is 18.2 Å². The van der Waals surface area contributed by atoms with Crippen molar-refractivity contribution in [2.75, 3.05) is 18.5 Å². The van der Waals surface area contributed by atoms with Gasteiger partial charge in [0.25, 0.3) is 0 Å². The Balaban J connectivity index is 1.58. The summed E-state index contributed by atoms with van der Waals surface area (Å²) in [4.78, 5) is 12.1. The van der Waals surface area contributed by atoms with Crippen LogP contribution in [0.5, 0.6) is 0 Å². The molecule has 1 unspecified atom stereocenters. The first kappa shape index (κ1) is 13.6. The quantitative estimate of drug-likeness (QED) is 0.885. The topological polar surface area (TPSA) is 50.4 Å². The number of carbonyl (C=O) groups excluding carboxylic acids is 1. The highest BCUT2D eigenvalue weighted by Crippen LogP contribution is 2.24. The van der Waals surface area contributed by atoms with Gasteiger partial charge in [-0.25, -0.2) is 0 Å². The van der Waals surface area contributed by atoms with Crippen molar-refractivity contribution in [1.82, 2.24) is 5.32 Å². The molecular weight excluding hydrogens is 252 g/mol. The lowest BCUT2D eigenvalue weighted by molar-refractivity contribution is -0.116. The molecule has 0 aromatic heterocycles. The van der Waals surface area contributed by atoms with Crippen molar-refractivity contribution in [1.29, 1.82) is 0 Å². The molecule has 108 valence electrons. The summed E-state index contributed by atoms with van der Waals surface area (Å²) in [5, 5.41) is 6.43. The first-order chi connectivity index (χ1) is 9.83. The van der Waals surface area contributed by atoms with Crippen LogP contribution in [-0.2, 0) is 22.5 Å². The number of nitrogens with one attached hydrogen (secondary N) is 2. The van der Waals surface area contributed by atoms with Gasteiger partial charge in [0.05, 0.1) is 6.10 Å². The van der Waals surface area contributed by atoms with Gasteiger partial charge in [-0.1, -0.05) is 12.1 Å². The normalized spacial score (nSPS) is 21.5. The summed E-state index contributed by atoms with van der Waals surface area (Å²) in [6.07, 6.45) is 4.88. The molecule has 2 aliphatic heterocycles. The Hall–Kier alpha value is -1.39. The number of carbonyl (C=O) groups is 1. The zero-order valence-electron chi connectivity index (χ0n) is 11.8. The van der Waals surface area contributed by atoms with Crippen LogP contribution in [0.25, 0.3) is 0 Å². The zero-order chi connectivity index (χ0) is 13.8. The Morgan fingerprint density at radius 3 is 3.25 bits per heavy atom. The van der Waals surface area contributed by atoms with E-state index in [1.165, 1.54) is 11.1 Å². The van der Waals surface area contributed by atoms with Crippen LogP contribution in [0.3, 0.4) is 0 Å². The molecule has 1 amide bonds. The van der Waals surface area contributed by atoms with E-state index in [4.69, 9.17) is 4.74 Å². The first-order valence-corrected chi connectivity index (χ1v) is 7.56. The highest BCUT2D eigenvalue weighted by Gasteiger charge is 2.18. The van der Waals surface area contributed by atoms with Crippen molar-refractivity contribution in [2.24, 2.45) is 0 Å². The van der Waals surface area contributed by atoms with Gasteiger partial charge in [0.15, 0.2) is 0 Å². The molecule has 2 N–H and O–H groups in total. The third-order valence-corrected chi connectivity index (χ3v) is 4.13. The number of hydrogen-bond donors (Lipinski definition) is 2. The number of anilines is 1. The summed E-state index contributed by atoms with van der Waals surface area (Å²) in [5.74, 6) is 0.104. The van der Waals surface area contributed by atoms with Crippen LogP contribution >= 0.6 is 0 Å². The Morgan fingerprint density at radius 2 is 2.40 bits per heavy atom. The molecule has 20 heavy (non-hydrogen) atoms. The van der Waals surface area contributed by atoms with Crippen LogP contribution < -0.4 is 10.6 Å². The van der Waals surface area contributed by atoms with Crippen molar-refractivity contribution < 1.29 is 9.53 Å². The van der Waals surface area contributed by atoms with E-state index in [2.05, 4.69) is 16.7 Å². The molecule has 1 fully saturated rings. The lowest BCUT2D eigenvalue weighted by Crippen LogP contribution is -2.25. The number of benzene rings is 1. The van der Waals surface area contributed by atoms with Gasteiger partial charge in [-0.05, 0) is 49.4 Å². The van der Waals surface area contributed by atoms with E-state index < -0.39 is 0 Å². The summed E-state index contributed by atoms with van der Waals surface area (Å²) < 4.78 is 5.56. The van der Waals surface area contributed by atoms with Gasteiger partial charge in [0.2, 0.25) is 5.91 Å². The molecule has 0 saturated carbocycles. The van der Waals surface area contributed by atoms with Gasteiger partial charge in [-0.3, -0.25) is 4.79 Å². The fourth-order valence-corrected chi connectivity index (χ4v) is 3.03. The van der Waals surface area contributed by atoms with E-state index in [0.29, 0.717) is 6.42 Å². The van der Waals surface area contributed by atoms with Crippen molar-refractivity contribution in [3.05, 3.63) is 29.3 Å². The molecular formula is C16H22N2O2. The number of rotatable bonds is 4. The maximum atomic E-state index is 12.1. The first-order valence-electron chi connectivity index (χ1n) is 7.56. The maximum Gasteiger partial charge on any atom is 0.224 e. The molecule has 1 aromatic rings. The Labute approximate surface area is 119 Å². The van der Waals surface area contributed by atoms with Crippen molar-refractivity contribution in [3.8, 4) is 0 Å². The van der Waals surface area contributed by atoms with Gasteiger partial charge in [-0.15, -0.1) is 0 Å². The van der Waals surface area contributed by atoms with E-state index in [1.54, 1.807) is 0 Å². The summed E-state index contributed by atoms with van der Waals surface area (Å²) in [5.41, 5.74) is 3.58. The zero-order valence-corrected chi connectivity index (χ0v) is 11.8. The molecule has 0 bridgehead atoms. The van der Waals surface area contributed by atoms with Gasteiger partial charge >= 0.3 is 0 Å². The fraction of sp³-hybridized carbons (Fsp3) is 0.562. The average molecular weight is 274 g/mol. The fourth-order valence-electron chi connectivity index (χ4n) is 3.03. The van der Waals surface area contributed by atoms with Crippen LogP contribution in [0, 0.1) is 0 Å². The Bertz CT molecular complexity index is 481. The van der Waals surface area contributed by atoms with E-state index in [-0.39, 0.29) is 12.0 Å². The average Bonchev–Trinajstić information content (AvgIpc) is 2.99. The summed E-state index contributed by atoms with van der Waals surface area (Å²) in [7, 11) is 0. The second-order valence-electron chi connectivity index (χ2n) is 5.59. The van der Waals surface area contributed by atoms with E-state index in [9.17, 15) is 4.79 Å². The summed E-state index contributed by atoms with van der Waals surface area (Å²) in [6.45, 7) is 2.73. The molecule has 0 radical (unpaired) electrons. The van der Waals surface area contributed by atoms with Gasteiger partial charge in [0.1, 0.15) is 0 Å². The standard InChI is InChI=1S/C16H22N2O2/c19-16(7-6-13-4-2-10-20-13)18-15-5-1-3-12-11-17-9-8-14(12)15/h1,3,5,13,17H,2,4,6-11H2,(H,18,19). The largest absolute Gasteiger partial charge is 0.378 e. The molecule has 2 heterocycles. The summed E-state index contributed by atoms with van der Waals surface area (Å²) in [6, 6.07) is 6.15. The van der Waals surface area contributed by atoms with E-state index >= 15 is 0 Å². The number of fused-ring (bicyclic) bond motifs is 1. The third kappa shape index (κ3) is 3.19. The maximum absolute atomic E-state index is 12.1. The molecule has 1 saturated heterocycles. The minimum Gasteiger partial charge on any atom is -0.378 e. The highest BCUT2D eigenvalue weighted by molar-refractivity contribution is 5.91.